The number of hydrogen-bond acceptors (Lipinski definition) is 6. The maximum Gasteiger partial charge on any atom is 0.226 e. The molecular formula is C6H12O6. The Bertz CT molecular complexity index is 178. The molecule has 1 aliphatic heterocycles. The van der Waals surface area contributed by atoms with Crippen molar-refractivity contribution in [2.75, 3.05) is 6.61 Å². The molecule has 0 aromatic carbocycles. The van der Waals surface area contributed by atoms with Crippen molar-refractivity contribution in [3.8, 4) is 0 Å². The quantitative estimate of drug-likeness (QED) is 0.277. The highest BCUT2D eigenvalue weighted by Gasteiger charge is 2.61. The molecule has 1 fully saturated rings. The van der Waals surface area contributed by atoms with Gasteiger partial charge in [-0.15, -0.1) is 0 Å². The minimum atomic E-state index is -2.64. The van der Waals surface area contributed by atoms with E-state index in [4.69, 9.17) is 15.3 Å². The van der Waals surface area contributed by atoms with Gasteiger partial charge in [0.05, 0.1) is 6.61 Å². The lowest BCUT2D eigenvalue weighted by molar-refractivity contribution is -0.271. The van der Waals surface area contributed by atoms with Gasteiger partial charge in [-0.1, -0.05) is 0 Å². The van der Waals surface area contributed by atoms with E-state index in [2.05, 4.69) is 4.74 Å². The summed E-state index contributed by atoms with van der Waals surface area (Å²) in [5.74, 6) is -2.64. The van der Waals surface area contributed by atoms with Gasteiger partial charge in [-0.25, -0.2) is 0 Å². The molecule has 6 heteroatoms. The summed E-state index contributed by atoms with van der Waals surface area (Å²) < 4.78 is 4.58. The summed E-state index contributed by atoms with van der Waals surface area (Å²) in [6.07, 6.45) is -3.54. The monoisotopic (exact) mass is 180 g/mol. The largest absolute Gasteiger partial charge is 0.393 e. The fourth-order valence-corrected chi connectivity index (χ4v) is 1.08. The first-order chi connectivity index (χ1) is 5.35. The second-order valence-electron chi connectivity index (χ2n) is 3.07. The Morgan fingerprint density at radius 2 is 1.83 bits per heavy atom. The van der Waals surface area contributed by atoms with E-state index in [0.717, 1.165) is 0 Å². The molecule has 0 bridgehead atoms. The third-order valence-electron chi connectivity index (χ3n) is 2.14. The van der Waals surface area contributed by atoms with Gasteiger partial charge in [-0.3, -0.25) is 0 Å². The van der Waals surface area contributed by atoms with Crippen molar-refractivity contribution in [2.45, 2.75) is 30.7 Å². The summed E-state index contributed by atoms with van der Waals surface area (Å²) in [5.41, 5.74) is -1.76. The van der Waals surface area contributed by atoms with Crippen LogP contribution in [0.5, 0.6) is 0 Å². The third-order valence-corrected chi connectivity index (χ3v) is 2.14. The van der Waals surface area contributed by atoms with Crippen LogP contribution in [0.4, 0.5) is 0 Å². The molecule has 12 heavy (non-hydrogen) atoms. The number of aliphatic hydroxyl groups is 5. The lowest BCUT2D eigenvalue weighted by atomic mass is 9.94. The van der Waals surface area contributed by atoms with Crippen LogP contribution in [0.3, 0.4) is 0 Å². The summed E-state index contributed by atoms with van der Waals surface area (Å²) in [6.45, 7) is 0.459. The zero-order chi connectivity index (χ0) is 9.57. The van der Waals surface area contributed by atoms with Gasteiger partial charge in [0, 0.05) is 0 Å². The minimum absolute atomic E-state index is 0.714. The van der Waals surface area contributed by atoms with Crippen LogP contribution >= 0.6 is 0 Å². The van der Waals surface area contributed by atoms with Crippen LogP contribution in [-0.4, -0.2) is 55.9 Å². The second kappa shape index (κ2) is 2.63. The topological polar surface area (TPSA) is 110 Å². The van der Waals surface area contributed by atoms with Gasteiger partial charge in [0.25, 0.3) is 0 Å². The summed E-state index contributed by atoms with van der Waals surface area (Å²) in [5, 5.41) is 45.1. The van der Waals surface area contributed by atoms with Crippen molar-refractivity contribution in [3.05, 3.63) is 0 Å². The average molecular weight is 180 g/mol. The molecule has 1 heterocycles. The van der Waals surface area contributed by atoms with Gasteiger partial charge in [0.2, 0.25) is 5.79 Å². The Morgan fingerprint density at radius 1 is 1.33 bits per heavy atom. The predicted octanol–water partition coefficient (Wildman–Crippen LogP) is -2.87. The Labute approximate surface area is 68.6 Å². The van der Waals surface area contributed by atoms with Crippen LogP contribution in [0, 0.1) is 0 Å². The zero-order valence-corrected chi connectivity index (χ0v) is 6.51. The predicted molar refractivity (Wildman–Crippen MR) is 35.8 cm³/mol. The molecule has 0 aliphatic carbocycles. The Hall–Kier alpha value is -0.240. The molecule has 0 aromatic rings. The number of aliphatic hydroxyl groups excluding tert-OH is 3. The molecular weight excluding hydrogens is 168 g/mol. The molecule has 0 saturated carbocycles. The maximum absolute atomic E-state index is 9.21. The van der Waals surface area contributed by atoms with Crippen LogP contribution in [0.1, 0.15) is 6.92 Å². The van der Waals surface area contributed by atoms with E-state index >= 15 is 0 Å². The van der Waals surface area contributed by atoms with E-state index in [0.29, 0.717) is 0 Å². The van der Waals surface area contributed by atoms with E-state index in [1.165, 1.54) is 6.92 Å². The number of rotatable bonds is 1. The van der Waals surface area contributed by atoms with Crippen molar-refractivity contribution in [2.24, 2.45) is 0 Å². The first kappa shape index (κ1) is 9.85. The molecule has 0 unspecified atom stereocenters. The zero-order valence-electron chi connectivity index (χ0n) is 6.51. The molecule has 1 saturated heterocycles. The van der Waals surface area contributed by atoms with Gasteiger partial charge < -0.3 is 30.3 Å². The molecule has 5 N–H and O–H groups in total. The molecule has 72 valence electrons. The maximum atomic E-state index is 9.21. The summed E-state index contributed by atoms with van der Waals surface area (Å²) in [7, 11) is 0. The van der Waals surface area contributed by atoms with Crippen molar-refractivity contribution >= 4 is 0 Å². The Kier molecular flexibility index (Phi) is 2.15. The van der Waals surface area contributed by atoms with Gasteiger partial charge in [0.15, 0.2) is 12.4 Å². The van der Waals surface area contributed by atoms with Crippen LogP contribution in [0.2, 0.25) is 0 Å². The van der Waals surface area contributed by atoms with Crippen LogP contribution in [0.15, 0.2) is 0 Å². The second-order valence-corrected chi connectivity index (χ2v) is 3.07. The van der Waals surface area contributed by atoms with E-state index in [-0.39, 0.29) is 0 Å². The van der Waals surface area contributed by atoms with Crippen LogP contribution in [0.25, 0.3) is 0 Å². The summed E-state index contributed by atoms with van der Waals surface area (Å²) in [6, 6.07) is 0. The Balaban J connectivity index is 2.94. The molecule has 0 radical (unpaired) electrons. The van der Waals surface area contributed by atoms with Crippen molar-refractivity contribution in [3.63, 3.8) is 0 Å². The van der Waals surface area contributed by atoms with Gasteiger partial charge in [-0.2, -0.15) is 0 Å². The first-order valence-corrected chi connectivity index (χ1v) is 3.45. The normalized spacial score (nSPS) is 46.5. The first-order valence-electron chi connectivity index (χ1n) is 3.45. The molecule has 1 rings (SSSR count). The van der Waals surface area contributed by atoms with Crippen molar-refractivity contribution in [1.29, 1.82) is 0 Å². The van der Waals surface area contributed by atoms with Gasteiger partial charge >= 0.3 is 0 Å². The van der Waals surface area contributed by atoms with Crippen molar-refractivity contribution in [1.82, 2.24) is 0 Å². The molecule has 1 aliphatic rings. The highest BCUT2D eigenvalue weighted by atomic mass is 16.7. The summed E-state index contributed by atoms with van der Waals surface area (Å²) in [4.78, 5) is 0. The minimum Gasteiger partial charge on any atom is -0.393 e. The Morgan fingerprint density at radius 3 is 2.00 bits per heavy atom. The third kappa shape index (κ3) is 1.05. The fourth-order valence-electron chi connectivity index (χ4n) is 1.08. The van der Waals surface area contributed by atoms with Gasteiger partial charge in [0.1, 0.15) is 5.60 Å². The molecule has 6 nitrogen and oxygen atoms in total. The lowest BCUT2D eigenvalue weighted by Crippen LogP contribution is -2.56. The van der Waals surface area contributed by atoms with Crippen LogP contribution < -0.4 is 0 Å². The summed E-state index contributed by atoms with van der Waals surface area (Å²) >= 11 is 0. The number of hydrogen-bond donors (Lipinski definition) is 5. The van der Waals surface area contributed by atoms with Gasteiger partial charge in [-0.05, 0) is 6.92 Å². The molecule has 0 amide bonds. The smallest absolute Gasteiger partial charge is 0.226 e. The van der Waals surface area contributed by atoms with Crippen molar-refractivity contribution < 1.29 is 30.3 Å². The van der Waals surface area contributed by atoms with Crippen LogP contribution in [-0.2, 0) is 4.74 Å². The molecule has 0 aromatic heterocycles. The highest BCUT2D eigenvalue weighted by molar-refractivity contribution is 5.01. The van der Waals surface area contributed by atoms with E-state index in [9.17, 15) is 10.2 Å². The SMILES string of the molecule is C[C@]1(CO)O[C@H](O)[C@H](O)C1(O)O. The lowest BCUT2D eigenvalue weighted by Gasteiger charge is -2.32. The average Bonchev–Trinajstić information content (AvgIpc) is 2.14. The number of ether oxygens (including phenoxy) is 1. The molecule has 0 spiro atoms. The highest BCUT2D eigenvalue weighted by Crippen LogP contribution is 2.36. The fraction of sp³-hybridized carbons (Fsp3) is 1.00. The van der Waals surface area contributed by atoms with E-state index < -0.39 is 30.4 Å². The van der Waals surface area contributed by atoms with E-state index in [1.54, 1.807) is 0 Å². The molecule has 3 atom stereocenters. The van der Waals surface area contributed by atoms with E-state index in [1.807, 2.05) is 0 Å². The standard InChI is InChI=1S/C6H12O6/c1-5(2-7)6(10,11)3(8)4(9)12-5/h3-4,7-11H,2H2,1H3/t3-,4-,5+/m0/s1.